The minimum Gasteiger partial charge on any atom is -0.396 e. The normalized spacial score (nSPS) is 16.0. The van der Waals surface area contributed by atoms with Crippen LogP contribution in [0.5, 0.6) is 0 Å². The van der Waals surface area contributed by atoms with Crippen molar-refractivity contribution < 1.29 is 5.11 Å². The van der Waals surface area contributed by atoms with Crippen molar-refractivity contribution in [2.24, 2.45) is 5.73 Å². The SMILES string of the molecule is Cc1ccc([C@](C)(N)CCO)[nH]1. The summed E-state index contributed by atoms with van der Waals surface area (Å²) in [6, 6.07) is 3.95. The van der Waals surface area contributed by atoms with Crippen LogP contribution in [0.25, 0.3) is 0 Å². The summed E-state index contributed by atoms with van der Waals surface area (Å²) in [6.45, 7) is 4.01. The number of aliphatic hydroxyl groups excluding tert-OH is 1. The van der Waals surface area contributed by atoms with Crippen molar-refractivity contribution in [2.75, 3.05) is 6.61 Å². The number of hydrogen-bond acceptors (Lipinski definition) is 2. The highest BCUT2D eigenvalue weighted by Crippen LogP contribution is 2.19. The van der Waals surface area contributed by atoms with Gasteiger partial charge in [0.1, 0.15) is 0 Å². The molecule has 0 fully saturated rings. The molecule has 0 radical (unpaired) electrons. The zero-order chi connectivity index (χ0) is 9.19. The van der Waals surface area contributed by atoms with E-state index in [-0.39, 0.29) is 6.61 Å². The quantitative estimate of drug-likeness (QED) is 0.627. The Kier molecular flexibility index (Phi) is 2.55. The standard InChI is InChI=1S/C9H16N2O/c1-7-3-4-8(11-7)9(2,10)5-6-12/h3-4,11-12H,5-6,10H2,1-2H3/t9-/m1/s1. The monoisotopic (exact) mass is 168 g/mol. The van der Waals surface area contributed by atoms with Crippen LogP contribution in [0.2, 0.25) is 0 Å². The second-order valence-electron chi connectivity index (χ2n) is 3.45. The van der Waals surface area contributed by atoms with Crippen LogP contribution < -0.4 is 5.73 Å². The molecule has 1 aromatic heterocycles. The molecule has 0 unspecified atom stereocenters. The number of hydrogen-bond donors (Lipinski definition) is 3. The number of rotatable bonds is 3. The van der Waals surface area contributed by atoms with E-state index in [1.165, 1.54) is 0 Å². The first-order valence-corrected chi connectivity index (χ1v) is 4.12. The van der Waals surface area contributed by atoms with Crippen LogP contribution in [0.1, 0.15) is 24.7 Å². The molecule has 3 nitrogen and oxygen atoms in total. The summed E-state index contributed by atoms with van der Waals surface area (Å²) in [6.07, 6.45) is 0.576. The molecule has 68 valence electrons. The molecule has 1 aromatic rings. The van der Waals surface area contributed by atoms with Crippen LogP contribution in [-0.2, 0) is 5.54 Å². The van der Waals surface area contributed by atoms with Gasteiger partial charge in [-0.25, -0.2) is 0 Å². The number of aryl methyl sites for hydroxylation is 1. The van der Waals surface area contributed by atoms with Gasteiger partial charge >= 0.3 is 0 Å². The maximum absolute atomic E-state index is 8.78. The largest absolute Gasteiger partial charge is 0.396 e. The van der Waals surface area contributed by atoms with Gasteiger partial charge in [-0.3, -0.25) is 0 Å². The number of H-pyrrole nitrogens is 1. The average Bonchev–Trinajstić information content (AvgIpc) is 2.36. The second kappa shape index (κ2) is 3.29. The molecule has 0 aliphatic carbocycles. The minimum atomic E-state index is -0.441. The second-order valence-corrected chi connectivity index (χ2v) is 3.45. The molecular weight excluding hydrogens is 152 g/mol. The van der Waals surface area contributed by atoms with Gasteiger partial charge < -0.3 is 15.8 Å². The van der Waals surface area contributed by atoms with Gasteiger partial charge in [0, 0.05) is 18.0 Å². The number of nitrogens with two attached hydrogens (primary N) is 1. The van der Waals surface area contributed by atoms with Crippen LogP contribution in [0.4, 0.5) is 0 Å². The molecule has 0 saturated heterocycles. The topological polar surface area (TPSA) is 62.0 Å². The molecular formula is C9H16N2O. The molecule has 0 amide bonds. The fourth-order valence-electron chi connectivity index (χ4n) is 1.20. The molecule has 0 aromatic carbocycles. The van der Waals surface area contributed by atoms with Gasteiger partial charge in [-0.15, -0.1) is 0 Å². The molecule has 12 heavy (non-hydrogen) atoms. The fraction of sp³-hybridized carbons (Fsp3) is 0.556. The molecule has 1 heterocycles. The maximum Gasteiger partial charge on any atom is 0.0554 e. The van der Waals surface area contributed by atoms with Gasteiger partial charge in [-0.05, 0) is 32.4 Å². The Balaban J connectivity index is 2.81. The van der Waals surface area contributed by atoms with E-state index in [0.717, 1.165) is 11.4 Å². The zero-order valence-electron chi connectivity index (χ0n) is 7.59. The molecule has 1 atom stereocenters. The van der Waals surface area contributed by atoms with Gasteiger partial charge in [0.15, 0.2) is 0 Å². The molecule has 1 rings (SSSR count). The van der Waals surface area contributed by atoms with E-state index in [1.54, 1.807) is 0 Å². The van der Waals surface area contributed by atoms with Crippen molar-refractivity contribution >= 4 is 0 Å². The first-order valence-electron chi connectivity index (χ1n) is 4.12. The Labute approximate surface area is 72.6 Å². The highest BCUT2D eigenvalue weighted by Gasteiger charge is 2.21. The lowest BCUT2D eigenvalue weighted by atomic mass is 9.96. The highest BCUT2D eigenvalue weighted by molar-refractivity contribution is 5.18. The fourth-order valence-corrected chi connectivity index (χ4v) is 1.20. The van der Waals surface area contributed by atoms with Gasteiger partial charge in [0.05, 0.1) is 5.54 Å². The predicted molar refractivity (Wildman–Crippen MR) is 48.8 cm³/mol. The van der Waals surface area contributed by atoms with E-state index in [2.05, 4.69) is 4.98 Å². The summed E-state index contributed by atoms with van der Waals surface area (Å²) in [7, 11) is 0. The molecule has 0 aliphatic rings. The lowest BCUT2D eigenvalue weighted by Crippen LogP contribution is -2.34. The van der Waals surface area contributed by atoms with Crippen molar-refractivity contribution in [3.8, 4) is 0 Å². The van der Waals surface area contributed by atoms with Crippen LogP contribution in [0.3, 0.4) is 0 Å². The smallest absolute Gasteiger partial charge is 0.0554 e. The Morgan fingerprint density at radius 2 is 2.25 bits per heavy atom. The van der Waals surface area contributed by atoms with Crippen LogP contribution in [0, 0.1) is 6.92 Å². The highest BCUT2D eigenvalue weighted by atomic mass is 16.3. The molecule has 3 heteroatoms. The number of aromatic amines is 1. The first-order chi connectivity index (χ1) is 5.56. The zero-order valence-corrected chi connectivity index (χ0v) is 7.59. The lowest BCUT2D eigenvalue weighted by Gasteiger charge is -2.22. The van der Waals surface area contributed by atoms with Crippen LogP contribution >= 0.6 is 0 Å². The van der Waals surface area contributed by atoms with Crippen molar-refractivity contribution in [1.29, 1.82) is 0 Å². The Bertz CT molecular complexity index is 253. The third-order valence-electron chi connectivity index (χ3n) is 2.08. The van der Waals surface area contributed by atoms with E-state index >= 15 is 0 Å². The van der Waals surface area contributed by atoms with Crippen molar-refractivity contribution in [2.45, 2.75) is 25.8 Å². The van der Waals surface area contributed by atoms with Gasteiger partial charge in [-0.2, -0.15) is 0 Å². The van der Waals surface area contributed by atoms with Crippen molar-refractivity contribution in [1.82, 2.24) is 4.98 Å². The molecule has 0 aliphatic heterocycles. The lowest BCUT2D eigenvalue weighted by molar-refractivity contribution is 0.245. The average molecular weight is 168 g/mol. The molecule has 0 spiro atoms. The molecule has 4 N–H and O–H groups in total. The van der Waals surface area contributed by atoms with Gasteiger partial charge in [0.25, 0.3) is 0 Å². The summed E-state index contributed by atoms with van der Waals surface area (Å²) in [5, 5.41) is 8.78. The summed E-state index contributed by atoms with van der Waals surface area (Å²) < 4.78 is 0. The van der Waals surface area contributed by atoms with Crippen LogP contribution in [0.15, 0.2) is 12.1 Å². The Hall–Kier alpha value is -0.800. The summed E-state index contributed by atoms with van der Waals surface area (Å²) in [5.41, 5.74) is 7.61. The maximum atomic E-state index is 8.78. The van der Waals surface area contributed by atoms with Crippen molar-refractivity contribution in [3.05, 3.63) is 23.5 Å². The van der Waals surface area contributed by atoms with Gasteiger partial charge in [-0.1, -0.05) is 0 Å². The number of nitrogens with one attached hydrogen (secondary N) is 1. The summed E-state index contributed by atoms with van der Waals surface area (Å²) >= 11 is 0. The van der Waals surface area contributed by atoms with Gasteiger partial charge in [0.2, 0.25) is 0 Å². The first kappa shape index (κ1) is 9.29. The Morgan fingerprint density at radius 3 is 2.67 bits per heavy atom. The van der Waals surface area contributed by atoms with E-state index in [4.69, 9.17) is 10.8 Å². The van der Waals surface area contributed by atoms with E-state index < -0.39 is 5.54 Å². The molecule has 0 saturated carbocycles. The van der Waals surface area contributed by atoms with Crippen LogP contribution in [-0.4, -0.2) is 16.7 Å². The Morgan fingerprint density at radius 1 is 1.58 bits per heavy atom. The van der Waals surface area contributed by atoms with Crippen molar-refractivity contribution in [3.63, 3.8) is 0 Å². The minimum absolute atomic E-state index is 0.116. The number of aromatic nitrogens is 1. The van der Waals surface area contributed by atoms with E-state index in [9.17, 15) is 0 Å². The number of aliphatic hydroxyl groups is 1. The molecule has 0 bridgehead atoms. The third-order valence-corrected chi connectivity index (χ3v) is 2.08. The summed E-state index contributed by atoms with van der Waals surface area (Å²) in [4.78, 5) is 3.16. The van der Waals surface area contributed by atoms with E-state index in [1.807, 2.05) is 26.0 Å². The third kappa shape index (κ3) is 1.87. The van der Waals surface area contributed by atoms with E-state index in [0.29, 0.717) is 6.42 Å². The predicted octanol–water partition coefficient (Wildman–Crippen LogP) is 0.879. The summed E-state index contributed by atoms with van der Waals surface area (Å²) in [5.74, 6) is 0.